The maximum atomic E-state index is 11.3. The van der Waals surface area contributed by atoms with Gasteiger partial charge in [0.05, 0.1) is 33.8 Å². The highest BCUT2D eigenvalue weighted by atomic mass is 16.5. The number of likely N-dealkylation sites (N-methyl/N-ethyl adjacent to an activating group) is 1. The molecule has 0 rings (SSSR count). The Kier molecular flexibility index (Phi) is 7.18. The summed E-state index contributed by atoms with van der Waals surface area (Å²) in [5.74, 6) is -0.229. The van der Waals surface area contributed by atoms with Gasteiger partial charge in [0.15, 0.2) is 6.54 Å². The molecule has 0 heterocycles. The normalized spacial score (nSPS) is 9.83. The standard InChI is InChI=1S/C12H19N4O2/c1-4-18-12(17)10-16(2,3)6-5-15-9-11(7-13)8-14/h9,15H,4-6,10H2,1-3H3/q+1. The first-order chi connectivity index (χ1) is 8.45. The number of quaternary nitrogens is 1. The molecule has 0 unspecified atom stereocenters. The molecule has 0 aliphatic carbocycles. The van der Waals surface area contributed by atoms with Gasteiger partial charge in [0, 0.05) is 6.20 Å². The van der Waals surface area contributed by atoms with E-state index in [0.717, 1.165) is 0 Å². The van der Waals surface area contributed by atoms with Gasteiger partial charge in [-0.1, -0.05) is 0 Å². The summed E-state index contributed by atoms with van der Waals surface area (Å²) in [6, 6.07) is 3.51. The number of rotatable bonds is 7. The number of carbonyl (C=O) groups is 1. The number of carbonyl (C=O) groups excluding carboxylic acids is 1. The third-order valence-electron chi connectivity index (χ3n) is 2.21. The molecule has 0 aliphatic rings. The molecule has 6 nitrogen and oxygen atoms in total. The molecule has 6 heteroatoms. The average molecular weight is 251 g/mol. The molecule has 0 saturated heterocycles. The molecule has 0 radical (unpaired) electrons. The van der Waals surface area contributed by atoms with E-state index in [9.17, 15) is 4.79 Å². The van der Waals surface area contributed by atoms with Crippen molar-refractivity contribution >= 4 is 5.97 Å². The van der Waals surface area contributed by atoms with Crippen molar-refractivity contribution in [2.45, 2.75) is 6.92 Å². The minimum Gasteiger partial charge on any atom is -0.462 e. The first-order valence-corrected chi connectivity index (χ1v) is 5.66. The molecule has 0 fully saturated rings. The zero-order chi connectivity index (χ0) is 14.0. The summed E-state index contributed by atoms with van der Waals surface area (Å²) in [6.45, 7) is 3.70. The SMILES string of the molecule is CCOC(=O)C[N+](C)(C)CCNC=C(C#N)C#N. The van der Waals surface area contributed by atoms with Gasteiger partial charge in [0.2, 0.25) is 0 Å². The summed E-state index contributed by atoms with van der Waals surface area (Å²) < 4.78 is 5.36. The molecule has 0 aromatic heterocycles. The Bertz CT molecular complexity index is 372. The van der Waals surface area contributed by atoms with Crippen LogP contribution in [0.2, 0.25) is 0 Å². The number of nitrogens with one attached hydrogen (secondary N) is 1. The van der Waals surface area contributed by atoms with Gasteiger partial charge in [-0.05, 0) is 6.92 Å². The highest BCUT2D eigenvalue weighted by molar-refractivity contribution is 5.70. The highest BCUT2D eigenvalue weighted by Crippen LogP contribution is 1.97. The molecule has 0 aliphatic heterocycles. The van der Waals surface area contributed by atoms with E-state index in [1.807, 2.05) is 14.1 Å². The molecule has 0 amide bonds. The molecule has 0 aromatic rings. The van der Waals surface area contributed by atoms with Gasteiger partial charge in [-0.15, -0.1) is 0 Å². The zero-order valence-corrected chi connectivity index (χ0v) is 11.1. The van der Waals surface area contributed by atoms with Crippen LogP contribution in [0.25, 0.3) is 0 Å². The van der Waals surface area contributed by atoms with Crippen LogP contribution < -0.4 is 5.32 Å². The maximum Gasteiger partial charge on any atom is 0.361 e. The molecular weight excluding hydrogens is 232 g/mol. The predicted octanol–water partition coefficient (Wildman–Crippen LogP) is 0.147. The molecular formula is C12H19N4O2+. The third kappa shape index (κ3) is 7.26. The Morgan fingerprint density at radius 1 is 1.39 bits per heavy atom. The summed E-state index contributed by atoms with van der Waals surface area (Å²) in [4.78, 5) is 11.3. The van der Waals surface area contributed by atoms with Crippen LogP contribution in [0.4, 0.5) is 0 Å². The average Bonchev–Trinajstić information content (AvgIpc) is 2.28. The number of esters is 1. The summed E-state index contributed by atoms with van der Waals surface area (Å²) in [5, 5.41) is 19.9. The van der Waals surface area contributed by atoms with Crippen LogP contribution in [0.3, 0.4) is 0 Å². The van der Waals surface area contributed by atoms with Crippen molar-refractivity contribution < 1.29 is 14.0 Å². The number of ether oxygens (including phenoxy) is 1. The fraction of sp³-hybridized carbons (Fsp3) is 0.583. The van der Waals surface area contributed by atoms with Gasteiger partial charge in [-0.2, -0.15) is 10.5 Å². The maximum absolute atomic E-state index is 11.3. The van der Waals surface area contributed by atoms with E-state index in [1.54, 1.807) is 19.1 Å². The van der Waals surface area contributed by atoms with Crippen molar-refractivity contribution in [3.8, 4) is 12.1 Å². The van der Waals surface area contributed by atoms with Crippen molar-refractivity contribution in [1.29, 1.82) is 10.5 Å². The Labute approximate surface area is 108 Å². The first kappa shape index (κ1) is 16.0. The lowest BCUT2D eigenvalue weighted by Gasteiger charge is -2.28. The van der Waals surface area contributed by atoms with Gasteiger partial charge in [0.1, 0.15) is 17.7 Å². The molecule has 1 N–H and O–H groups in total. The molecule has 0 spiro atoms. The van der Waals surface area contributed by atoms with Crippen LogP contribution in [0.1, 0.15) is 6.92 Å². The number of hydrogen-bond acceptors (Lipinski definition) is 5. The topological polar surface area (TPSA) is 85.9 Å². The monoisotopic (exact) mass is 251 g/mol. The molecule has 0 bridgehead atoms. The number of nitriles is 2. The quantitative estimate of drug-likeness (QED) is 0.301. The van der Waals surface area contributed by atoms with Crippen LogP contribution in [0.5, 0.6) is 0 Å². The minimum atomic E-state index is -0.229. The molecule has 98 valence electrons. The van der Waals surface area contributed by atoms with Crippen LogP contribution in [0.15, 0.2) is 11.8 Å². The number of hydrogen-bond donors (Lipinski definition) is 1. The largest absolute Gasteiger partial charge is 0.462 e. The third-order valence-corrected chi connectivity index (χ3v) is 2.21. The van der Waals surface area contributed by atoms with Crippen molar-refractivity contribution in [2.24, 2.45) is 0 Å². The molecule has 0 saturated carbocycles. The second-order valence-corrected chi connectivity index (χ2v) is 4.36. The second-order valence-electron chi connectivity index (χ2n) is 4.36. The van der Waals surface area contributed by atoms with Crippen LogP contribution in [-0.2, 0) is 9.53 Å². The van der Waals surface area contributed by atoms with E-state index in [-0.39, 0.29) is 11.5 Å². The van der Waals surface area contributed by atoms with E-state index < -0.39 is 0 Å². The summed E-state index contributed by atoms with van der Waals surface area (Å²) in [7, 11) is 3.83. The number of nitrogens with zero attached hydrogens (tertiary/aromatic N) is 3. The zero-order valence-electron chi connectivity index (χ0n) is 11.1. The lowest BCUT2D eigenvalue weighted by Crippen LogP contribution is -2.47. The van der Waals surface area contributed by atoms with Crippen LogP contribution >= 0.6 is 0 Å². The van der Waals surface area contributed by atoms with Gasteiger partial charge < -0.3 is 14.5 Å². The molecule has 0 aromatic carbocycles. The van der Waals surface area contributed by atoms with Gasteiger partial charge >= 0.3 is 5.97 Å². The Morgan fingerprint density at radius 3 is 2.50 bits per heavy atom. The van der Waals surface area contributed by atoms with E-state index in [0.29, 0.717) is 30.7 Å². The lowest BCUT2D eigenvalue weighted by molar-refractivity contribution is -0.881. The second kappa shape index (κ2) is 8.10. The summed E-state index contributed by atoms with van der Waals surface area (Å²) in [6.07, 6.45) is 1.38. The van der Waals surface area contributed by atoms with E-state index in [2.05, 4.69) is 5.32 Å². The minimum absolute atomic E-state index is 0.0331. The Hall–Kier alpha value is -2.05. The van der Waals surface area contributed by atoms with Crippen molar-refractivity contribution in [1.82, 2.24) is 5.32 Å². The lowest BCUT2D eigenvalue weighted by atomic mass is 10.3. The van der Waals surface area contributed by atoms with E-state index in [1.165, 1.54) is 6.20 Å². The van der Waals surface area contributed by atoms with Crippen molar-refractivity contribution in [3.05, 3.63) is 11.8 Å². The highest BCUT2D eigenvalue weighted by Gasteiger charge is 2.20. The first-order valence-electron chi connectivity index (χ1n) is 5.66. The van der Waals surface area contributed by atoms with Gasteiger partial charge in [-0.3, -0.25) is 0 Å². The smallest absolute Gasteiger partial charge is 0.361 e. The van der Waals surface area contributed by atoms with E-state index in [4.69, 9.17) is 15.3 Å². The molecule has 0 atom stereocenters. The Morgan fingerprint density at radius 2 is 2.00 bits per heavy atom. The predicted molar refractivity (Wildman–Crippen MR) is 65.8 cm³/mol. The van der Waals surface area contributed by atoms with Crippen molar-refractivity contribution in [3.63, 3.8) is 0 Å². The molecule has 18 heavy (non-hydrogen) atoms. The summed E-state index contributed by atoms with van der Waals surface area (Å²) in [5.41, 5.74) is 0.0331. The van der Waals surface area contributed by atoms with Gasteiger partial charge in [0.25, 0.3) is 0 Å². The fourth-order valence-electron chi connectivity index (χ4n) is 1.27. The van der Waals surface area contributed by atoms with Crippen molar-refractivity contribution in [2.75, 3.05) is 40.3 Å². The summed E-state index contributed by atoms with van der Waals surface area (Å²) >= 11 is 0. The fourth-order valence-corrected chi connectivity index (χ4v) is 1.27. The van der Waals surface area contributed by atoms with Crippen LogP contribution in [-0.4, -0.2) is 50.8 Å². The van der Waals surface area contributed by atoms with Crippen LogP contribution in [0, 0.1) is 22.7 Å². The Balaban J connectivity index is 4.06. The van der Waals surface area contributed by atoms with E-state index >= 15 is 0 Å². The number of allylic oxidation sites excluding steroid dienone is 1. The van der Waals surface area contributed by atoms with Gasteiger partial charge in [-0.25, -0.2) is 4.79 Å².